The minimum Gasteiger partial charge on any atom is -0.484 e. The van der Waals surface area contributed by atoms with Gasteiger partial charge in [0.05, 0.1) is 10.0 Å². The van der Waals surface area contributed by atoms with Gasteiger partial charge in [0, 0.05) is 12.6 Å². The molecule has 0 aromatic heterocycles. The molecule has 2 amide bonds. The highest BCUT2D eigenvalue weighted by molar-refractivity contribution is 6.42. The fourth-order valence-corrected chi connectivity index (χ4v) is 4.48. The molecule has 1 aliphatic carbocycles. The van der Waals surface area contributed by atoms with Crippen LogP contribution in [0.15, 0.2) is 42.5 Å². The van der Waals surface area contributed by atoms with Gasteiger partial charge in [0.1, 0.15) is 11.8 Å². The Balaban J connectivity index is 1.77. The molecule has 1 N–H and O–H groups in total. The zero-order valence-electron chi connectivity index (χ0n) is 19.3. The number of hydrogen-bond acceptors (Lipinski definition) is 3. The maximum absolute atomic E-state index is 13.3. The van der Waals surface area contributed by atoms with Crippen LogP contribution in [0.25, 0.3) is 0 Å². The first kappa shape index (κ1) is 25.4. The number of nitrogens with zero attached hydrogens (tertiary/aromatic N) is 1. The van der Waals surface area contributed by atoms with Crippen LogP contribution < -0.4 is 10.1 Å². The second kappa shape index (κ2) is 12.3. The molecule has 0 spiro atoms. The van der Waals surface area contributed by atoms with Gasteiger partial charge in [0.25, 0.3) is 5.91 Å². The lowest BCUT2D eigenvalue weighted by Gasteiger charge is -2.32. The van der Waals surface area contributed by atoms with Gasteiger partial charge in [0.15, 0.2) is 6.61 Å². The molecule has 7 heteroatoms. The Labute approximate surface area is 206 Å². The maximum atomic E-state index is 13.3. The number of ether oxygens (including phenoxy) is 1. The van der Waals surface area contributed by atoms with Crippen molar-refractivity contribution < 1.29 is 14.3 Å². The molecule has 1 saturated carbocycles. The van der Waals surface area contributed by atoms with Gasteiger partial charge >= 0.3 is 0 Å². The number of hydrogen-bond donors (Lipinski definition) is 1. The molecule has 1 fully saturated rings. The predicted octanol–water partition coefficient (Wildman–Crippen LogP) is 5.94. The number of carbonyl (C=O) groups excluding carboxylic acids is 2. The van der Waals surface area contributed by atoms with E-state index >= 15 is 0 Å². The van der Waals surface area contributed by atoms with E-state index in [1.165, 1.54) is 6.42 Å². The van der Waals surface area contributed by atoms with Crippen LogP contribution in [0, 0.1) is 6.92 Å². The highest BCUT2D eigenvalue weighted by atomic mass is 35.5. The number of rotatable bonds is 9. The fraction of sp³-hybridized carbons (Fsp3) is 0.462. The highest BCUT2D eigenvalue weighted by Gasteiger charge is 2.30. The topological polar surface area (TPSA) is 58.6 Å². The zero-order valence-corrected chi connectivity index (χ0v) is 20.8. The summed E-state index contributed by atoms with van der Waals surface area (Å²) in [6, 6.07) is 12.4. The first-order chi connectivity index (χ1) is 15.9. The molecule has 0 saturated heterocycles. The van der Waals surface area contributed by atoms with Crippen LogP contribution in [0.3, 0.4) is 0 Å². The molecule has 0 heterocycles. The number of benzene rings is 2. The van der Waals surface area contributed by atoms with Gasteiger partial charge in [-0.25, -0.2) is 0 Å². The van der Waals surface area contributed by atoms with Crippen molar-refractivity contribution in [3.05, 3.63) is 63.6 Å². The van der Waals surface area contributed by atoms with Gasteiger partial charge in [-0.15, -0.1) is 0 Å². The molecule has 178 valence electrons. The summed E-state index contributed by atoms with van der Waals surface area (Å²) in [6.45, 7) is 3.99. The molecule has 3 rings (SSSR count). The van der Waals surface area contributed by atoms with Crippen LogP contribution in [0.4, 0.5) is 0 Å². The van der Waals surface area contributed by atoms with Crippen LogP contribution in [0.5, 0.6) is 5.75 Å². The SMILES string of the molecule is CC[C@H](C(=O)NC1CCCCC1)N(Cc1ccc(Cl)c(Cl)c1)C(=O)COc1ccc(C)cc1. The minimum atomic E-state index is -0.601. The number of halogens is 2. The summed E-state index contributed by atoms with van der Waals surface area (Å²) < 4.78 is 5.74. The summed E-state index contributed by atoms with van der Waals surface area (Å²) in [5, 5.41) is 4.03. The van der Waals surface area contributed by atoms with Crippen molar-refractivity contribution in [2.75, 3.05) is 6.61 Å². The largest absolute Gasteiger partial charge is 0.484 e. The summed E-state index contributed by atoms with van der Waals surface area (Å²) in [6.07, 6.45) is 5.92. The Morgan fingerprint density at radius 3 is 2.39 bits per heavy atom. The Morgan fingerprint density at radius 1 is 1.06 bits per heavy atom. The number of nitrogens with one attached hydrogen (secondary N) is 1. The van der Waals surface area contributed by atoms with E-state index in [1.807, 2.05) is 44.2 Å². The van der Waals surface area contributed by atoms with Crippen LogP contribution in [-0.2, 0) is 16.1 Å². The summed E-state index contributed by atoms with van der Waals surface area (Å²) in [7, 11) is 0. The molecule has 2 aromatic carbocycles. The monoisotopic (exact) mass is 490 g/mol. The van der Waals surface area contributed by atoms with Crippen LogP contribution in [0.1, 0.15) is 56.6 Å². The summed E-state index contributed by atoms with van der Waals surface area (Å²) >= 11 is 12.3. The fourth-order valence-electron chi connectivity index (χ4n) is 4.16. The van der Waals surface area contributed by atoms with E-state index in [-0.39, 0.29) is 31.0 Å². The molecule has 5 nitrogen and oxygen atoms in total. The first-order valence-electron chi connectivity index (χ1n) is 11.6. The maximum Gasteiger partial charge on any atom is 0.261 e. The third-order valence-corrected chi connectivity index (χ3v) is 6.80. The quantitative estimate of drug-likeness (QED) is 0.473. The van der Waals surface area contributed by atoms with Crippen molar-refractivity contribution in [3.8, 4) is 5.75 Å². The van der Waals surface area contributed by atoms with E-state index in [9.17, 15) is 9.59 Å². The molecular weight excluding hydrogens is 459 g/mol. The van der Waals surface area contributed by atoms with Crippen molar-refractivity contribution in [1.82, 2.24) is 10.2 Å². The van der Waals surface area contributed by atoms with Crippen molar-refractivity contribution in [2.45, 2.75) is 71.0 Å². The molecule has 0 aliphatic heterocycles. The molecular formula is C26H32Cl2N2O3. The second-order valence-corrected chi connectivity index (χ2v) is 9.45. The van der Waals surface area contributed by atoms with Gasteiger partial charge in [-0.05, 0) is 56.0 Å². The van der Waals surface area contributed by atoms with Gasteiger partial charge < -0.3 is 15.0 Å². The van der Waals surface area contributed by atoms with Crippen molar-refractivity contribution >= 4 is 35.0 Å². The standard InChI is InChI=1S/C26H32Cl2N2O3/c1-3-24(26(32)29-20-7-5-4-6-8-20)30(16-19-11-14-22(27)23(28)15-19)25(31)17-33-21-12-9-18(2)10-13-21/h9-15,20,24H,3-8,16-17H2,1-2H3,(H,29,32)/t24-/m1/s1. The van der Waals surface area contributed by atoms with Gasteiger partial charge in [-0.3, -0.25) is 9.59 Å². The lowest BCUT2D eigenvalue weighted by Crippen LogP contribution is -2.52. The lowest BCUT2D eigenvalue weighted by molar-refractivity contribution is -0.143. The Kier molecular flexibility index (Phi) is 9.45. The number of amides is 2. The predicted molar refractivity (Wildman–Crippen MR) is 133 cm³/mol. The molecule has 0 unspecified atom stereocenters. The average molecular weight is 491 g/mol. The normalized spacial score (nSPS) is 15.0. The third kappa shape index (κ3) is 7.38. The van der Waals surface area contributed by atoms with Crippen LogP contribution in [0.2, 0.25) is 10.0 Å². The van der Waals surface area contributed by atoms with Crippen molar-refractivity contribution in [1.29, 1.82) is 0 Å². The van der Waals surface area contributed by atoms with Crippen LogP contribution >= 0.6 is 23.2 Å². The van der Waals surface area contributed by atoms with Crippen molar-refractivity contribution in [3.63, 3.8) is 0 Å². The summed E-state index contributed by atoms with van der Waals surface area (Å²) in [4.78, 5) is 28.1. The highest BCUT2D eigenvalue weighted by Crippen LogP contribution is 2.24. The average Bonchev–Trinajstić information content (AvgIpc) is 2.81. The van der Waals surface area contributed by atoms with Crippen molar-refractivity contribution in [2.24, 2.45) is 0 Å². The minimum absolute atomic E-state index is 0.117. The van der Waals surface area contributed by atoms with E-state index < -0.39 is 6.04 Å². The number of aryl methyl sites for hydroxylation is 1. The third-order valence-electron chi connectivity index (χ3n) is 6.06. The Bertz CT molecular complexity index is 943. The Morgan fingerprint density at radius 2 is 1.76 bits per heavy atom. The van der Waals surface area contributed by atoms with E-state index in [0.29, 0.717) is 22.2 Å². The summed E-state index contributed by atoms with van der Waals surface area (Å²) in [5.74, 6) is 0.239. The van der Waals surface area contributed by atoms with Crippen LogP contribution in [-0.4, -0.2) is 35.4 Å². The van der Waals surface area contributed by atoms with Gasteiger partial charge in [0.2, 0.25) is 5.91 Å². The smallest absolute Gasteiger partial charge is 0.261 e. The zero-order chi connectivity index (χ0) is 23.8. The lowest BCUT2D eigenvalue weighted by atomic mass is 9.95. The molecule has 2 aromatic rings. The molecule has 1 aliphatic rings. The van der Waals surface area contributed by atoms with Gasteiger partial charge in [-0.1, -0.05) is 73.2 Å². The van der Waals surface area contributed by atoms with E-state index in [1.54, 1.807) is 17.0 Å². The molecule has 0 bridgehead atoms. The molecule has 33 heavy (non-hydrogen) atoms. The van der Waals surface area contributed by atoms with E-state index in [4.69, 9.17) is 27.9 Å². The van der Waals surface area contributed by atoms with E-state index in [2.05, 4.69) is 5.32 Å². The van der Waals surface area contributed by atoms with Gasteiger partial charge in [-0.2, -0.15) is 0 Å². The molecule has 1 atom stereocenters. The molecule has 0 radical (unpaired) electrons. The first-order valence-corrected chi connectivity index (χ1v) is 12.4. The Hall–Kier alpha value is -2.24. The second-order valence-electron chi connectivity index (χ2n) is 8.64. The number of carbonyl (C=O) groups is 2. The van der Waals surface area contributed by atoms with E-state index in [0.717, 1.165) is 36.8 Å². The summed E-state index contributed by atoms with van der Waals surface area (Å²) in [5.41, 5.74) is 1.91.